The number of benzene rings is 2. The number of aryl methyl sites for hydroxylation is 1. The number of methoxy groups -OCH3 is 1. The van der Waals surface area contributed by atoms with Crippen molar-refractivity contribution in [2.45, 2.75) is 25.9 Å². The van der Waals surface area contributed by atoms with Gasteiger partial charge in [0.25, 0.3) is 5.91 Å². The highest BCUT2D eigenvalue weighted by atomic mass is 19.1. The zero-order valence-corrected chi connectivity index (χ0v) is 18.4. The van der Waals surface area contributed by atoms with E-state index in [1.54, 1.807) is 6.07 Å². The Hall–Kier alpha value is -3.52. The van der Waals surface area contributed by atoms with Crippen LogP contribution in [0.4, 0.5) is 20.4 Å². The summed E-state index contributed by atoms with van der Waals surface area (Å²) < 4.78 is 35.2. The molecule has 2 aliphatic heterocycles. The lowest BCUT2D eigenvalue weighted by Gasteiger charge is -2.21. The van der Waals surface area contributed by atoms with E-state index in [-0.39, 0.29) is 35.4 Å². The van der Waals surface area contributed by atoms with Gasteiger partial charge in [-0.2, -0.15) is 0 Å². The minimum absolute atomic E-state index is 0.00736. The topological polar surface area (TPSA) is 71.7 Å². The number of anilines is 2. The molecule has 2 aliphatic rings. The first kappa shape index (κ1) is 21.3. The number of hydrogen-bond acceptors (Lipinski definition) is 5. The quantitative estimate of drug-likeness (QED) is 0.650. The van der Waals surface area contributed by atoms with Gasteiger partial charge in [0.15, 0.2) is 0 Å². The molecule has 1 saturated heterocycles. The van der Waals surface area contributed by atoms with E-state index in [4.69, 9.17) is 15.5 Å². The van der Waals surface area contributed by atoms with Crippen LogP contribution in [0.3, 0.4) is 0 Å². The maximum atomic E-state index is 15.1. The molecule has 33 heavy (non-hydrogen) atoms. The molecule has 0 saturated carbocycles. The number of hydrogen-bond donors (Lipinski definition) is 1. The number of amides is 1. The first-order valence-corrected chi connectivity index (χ1v) is 10.8. The van der Waals surface area contributed by atoms with Crippen LogP contribution in [0.1, 0.15) is 27.9 Å². The molecule has 8 heteroatoms. The van der Waals surface area contributed by atoms with E-state index < -0.39 is 11.6 Å². The van der Waals surface area contributed by atoms with Crippen molar-refractivity contribution < 1.29 is 18.3 Å². The Labute approximate surface area is 190 Å². The number of halogens is 2. The van der Waals surface area contributed by atoms with Crippen LogP contribution >= 0.6 is 0 Å². The molecule has 0 unspecified atom stereocenters. The standard InChI is InChI=1S/C25H24F2N4O2/c1-14-10-21(30-9-8-15(28)12-30)29-22(11-14)31-13-17-16(25(31)32)6-7-19(27)23(17)24-18(26)4-3-5-20(24)33-2/h3-7,10-11,15H,8-9,12-13,28H2,1-2H3/t15-/m1/s1. The van der Waals surface area contributed by atoms with Crippen LogP contribution in [0.5, 0.6) is 5.75 Å². The van der Waals surface area contributed by atoms with Gasteiger partial charge < -0.3 is 15.4 Å². The van der Waals surface area contributed by atoms with Crippen molar-refractivity contribution in [3.8, 4) is 16.9 Å². The summed E-state index contributed by atoms with van der Waals surface area (Å²) in [6.07, 6.45) is 0.881. The minimum Gasteiger partial charge on any atom is -0.496 e. The second-order valence-electron chi connectivity index (χ2n) is 8.51. The Morgan fingerprint density at radius 2 is 1.85 bits per heavy atom. The van der Waals surface area contributed by atoms with Crippen molar-refractivity contribution in [1.29, 1.82) is 0 Å². The van der Waals surface area contributed by atoms with Crippen LogP contribution < -0.4 is 20.3 Å². The Balaban J connectivity index is 1.59. The number of carbonyl (C=O) groups is 1. The van der Waals surface area contributed by atoms with Crippen molar-refractivity contribution in [1.82, 2.24) is 4.98 Å². The number of pyridine rings is 1. The van der Waals surface area contributed by atoms with Crippen LogP contribution in [0.2, 0.25) is 0 Å². The fourth-order valence-electron chi connectivity index (χ4n) is 4.66. The van der Waals surface area contributed by atoms with Gasteiger partial charge in [-0.3, -0.25) is 9.69 Å². The van der Waals surface area contributed by atoms with Gasteiger partial charge in [-0.1, -0.05) is 6.07 Å². The third-order valence-electron chi connectivity index (χ3n) is 6.27. The Morgan fingerprint density at radius 1 is 1.09 bits per heavy atom. The van der Waals surface area contributed by atoms with E-state index >= 15 is 4.39 Å². The van der Waals surface area contributed by atoms with Crippen molar-refractivity contribution in [2.24, 2.45) is 5.73 Å². The molecule has 1 amide bonds. The van der Waals surface area contributed by atoms with Crippen molar-refractivity contribution in [2.75, 3.05) is 30.0 Å². The Kier molecular flexibility index (Phi) is 5.25. The Morgan fingerprint density at radius 3 is 2.58 bits per heavy atom. The van der Waals surface area contributed by atoms with Crippen molar-refractivity contribution >= 4 is 17.5 Å². The molecule has 0 spiro atoms. The molecule has 3 aromatic rings. The summed E-state index contributed by atoms with van der Waals surface area (Å²) in [7, 11) is 1.40. The number of aromatic nitrogens is 1. The van der Waals surface area contributed by atoms with Gasteiger partial charge in [0.2, 0.25) is 0 Å². The van der Waals surface area contributed by atoms with Crippen LogP contribution in [-0.4, -0.2) is 37.1 Å². The molecule has 1 atom stereocenters. The van der Waals surface area contributed by atoms with Gasteiger partial charge in [-0.15, -0.1) is 0 Å². The predicted molar refractivity (Wildman–Crippen MR) is 123 cm³/mol. The average molecular weight is 450 g/mol. The summed E-state index contributed by atoms with van der Waals surface area (Å²) in [6.45, 7) is 3.52. The molecule has 0 radical (unpaired) electrons. The first-order valence-electron chi connectivity index (χ1n) is 10.8. The number of carbonyl (C=O) groups excluding carboxylic acids is 1. The SMILES string of the molecule is COc1cccc(F)c1-c1c(F)ccc2c1CN(c1cc(C)cc(N3CC[C@@H](N)C3)n1)C2=O. The first-order chi connectivity index (χ1) is 15.9. The van der Waals surface area contributed by atoms with Gasteiger partial charge in [0.1, 0.15) is 29.0 Å². The molecule has 6 nitrogen and oxygen atoms in total. The predicted octanol–water partition coefficient (Wildman–Crippen LogP) is 4.04. The third kappa shape index (κ3) is 3.60. The highest BCUT2D eigenvalue weighted by molar-refractivity contribution is 6.11. The lowest BCUT2D eigenvalue weighted by molar-refractivity contribution is 0.0996. The van der Waals surface area contributed by atoms with Gasteiger partial charge in [-0.25, -0.2) is 13.8 Å². The van der Waals surface area contributed by atoms with E-state index in [2.05, 4.69) is 4.90 Å². The van der Waals surface area contributed by atoms with E-state index in [1.165, 1.54) is 36.3 Å². The van der Waals surface area contributed by atoms with Crippen molar-refractivity contribution in [3.63, 3.8) is 0 Å². The van der Waals surface area contributed by atoms with Gasteiger partial charge in [0.05, 0.1) is 19.2 Å². The fourth-order valence-corrected chi connectivity index (χ4v) is 4.66. The zero-order valence-electron chi connectivity index (χ0n) is 18.4. The van der Waals surface area contributed by atoms with E-state index in [9.17, 15) is 9.18 Å². The molecule has 0 bridgehead atoms. The summed E-state index contributed by atoms with van der Waals surface area (Å²) in [5, 5.41) is 0. The maximum Gasteiger partial charge on any atom is 0.260 e. The van der Waals surface area contributed by atoms with Crippen LogP contribution in [0.25, 0.3) is 11.1 Å². The number of fused-ring (bicyclic) bond motifs is 1. The van der Waals surface area contributed by atoms with E-state index in [0.717, 1.165) is 24.3 Å². The molecule has 2 aromatic carbocycles. The summed E-state index contributed by atoms with van der Waals surface area (Å²) in [5.41, 5.74) is 7.78. The zero-order chi connectivity index (χ0) is 23.3. The van der Waals surface area contributed by atoms with Crippen LogP contribution in [0.15, 0.2) is 42.5 Å². The second-order valence-corrected chi connectivity index (χ2v) is 8.51. The number of rotatable bonds is 4. The van der Waals surface area contributed by atoms with Crippen molar-refractivity contribution in [3.05, 3.63) is 70.8 Å². The van der Waals surface area contributed by atoms with E-state index in [1.807, 2.05) is 19.1 Å². The lowest BCUT2D eigenvalue weighted by atomic mass is 9.95. The van der Waals surface area contributed by atoms with Gasteiger partial charge in [-0.05, 0) is 60.9 Å². The number of nitrogens with zero attached hydrogens (tertiary/aromatic N) is 3. The maximum absolute atomic E-state index is 15.1. The van der Waals surface area contributed by atoms with Crippen LogP contribution in [-0.2, 0) is 6.54 Å². The van der Waals surface area contributed by atoms with Gasteiger partial charge >= 0.3 is 0 Å². The number of nitrogens with two attached hydrogens (primary N) is 1. The largest absolute Gasteiger partial charge is 0.496 e. The average Bonchev–Trinajstić information content (AvgIpc) is 3.37. The molecular formula is C25H24F2N4O2. The van der Waals surface area contributed by atoms with Gasteiger partial charge in [0, 0.05) is 30.3 Å². The molecular weight excluding hydrogens is 426 g/mol. The molecule has 170 valence electrons. The smallest absolute Gasteiger partial charge is 0.260 e. The summed E-state index contributed by atoms with van der Waals surface area (Å²) in [5.74, 6) is -0.106. The van der Waals surface area contributed by atoms with Crippen LogP contribution in [0, 0.1) is 18.6 Å². The molecule has 1 aromatic heterocycles. The number of ether oxygens (including phenoxy) is 1. The molecule has 3 heterocycles. The van der Waals surface area contributed by atoms with E-state index in [0.29, 0.717) is 23.5 Å². The third-order valence-corrected chi connectivity index (χ3v) is 6.27. The normalized spacial score (nSPS) is 17.6. The molecule has 0 aliphatic carbocycles. The highest BCUT2D eigenvalue weighted by Gasteiger charge is 2.35. The summed E-state index contributed by atoms with van der Waals surface area (Å²) in [4.78, 5) is 21.7. The molecule has 5 rings (SSSR count). The second kappa shape index (κ2) is 8.12. The summed E-state index contributed by atoms with van der Waals surface area (Å²) >= 11 is 0. The fraction of sp³-hybridized carbons (Fsp3) is 0.280. The highest BCUT2D eigenvalue weighted by Crippen LogP contribution is 2.41. The monoisotopic (exact) mass is 450 g/mol. The molecule has 2 N–H and O–H groups in total. The summed E-state index contributed by atoms with van der Waals surface area (Å²) in [6, 6.07) is 10.8. The lowest BCUT2D eigenvalue weighted by Crippen LogP contribution is -2.28. The Bertz CT molecular complexity index is 1260. The minimum atomic E-state index is -0.617. The molecule has 1 fully saturated rings.